The van der Waals surface area contributed by atoms with Gasteiger partial charge in [0, 0.05) is 17.7 Å². The van der Waals surface area contributed by atoms with Gasteiger partial charge in [0.25, 0.3) is 11.4 Å². The average molecular weight is 372 g/mol. The van der Waals surface area contributed by atoms with E-state index >= 15 is 0 Å². The van der Waals surface area contributed by atoms with Crippen molar-refractivity contribution in [3.05, 3.63) is 78.9 Å². The number of benzene rings is 2. The van der Waals surface area contributed by atoms with Crippen LogP contribution in [0.5, 0.6) is 0 Å². The van der Waals surface area contributed by atoms with Crippen LogP contribution in [-0.4, -0.2) is 15.6 Å². The monoisotopic (exact) mass is 372 g/mol. The van der Waals surface area contributed by atoms with Crippen molar-refractivity contribution in [3.8, 4) is 0 Å². The number of ketones is 1. The highest BCUT2D eigenvalue weighted by molar-refractivity contribution is 5.97. The molecule has 0 fully saturated rings. The predicted molar refractivity (Wildman–Crippen MR) is 104 cm³/mol. The topological polar surface area (TPSA) is 103 Å². The summed E-state index contributed by atoms with van der Waals surface area (Å²) in [5, 5.41) is 20.3. The van der Waals surface area contributed by atoms with Gasteiger partial charge in [-0.15, -0.1) is 0 Å². The van der Waals surface area contributed by atoms with E-state index in [2.05, 4.69) is 32.9 Å². The molecule has 0 aromatic heterocycles. The second kappa shape index (κ2) is 8.53. The molecule has 2 aromatic carbocycles. The Morgan fingerprint density at radius 1 is 0.889 bits per heavy atom. The molecule has 0 aliphatic carbocycles. The van der Waals surface area contributed by atoms with Crippen LogP contribution in [0, 0.1) is 34.1 Å². The number of hydrogen-bond donors (Lipinski definition) is 0. The van der Waals surface area contributed by atoms with Crippen LogP contribution in [0.4, 0.5) is 11.4 Å². The summed E-state index contributed by atoms with van der Waals surface area (Å²) in [6.07, 6.45) is 0. The van der Waals surface area contributed by atoms with E-state index in [1.54, 1.807) is 6.92 Å². The summed E-state index contributed by atoms with van der Waals surface area (Å²) in [7, 11) is 0. The van der Waals surface area contributed by atoms with E-state index < -0.39 is 9.85 Å². The molecule has 0 aliphatic heterocycles. The summed E-state index contributed by atoms with van der Waals surface area (Å²) in [4.78, 5) is 30.4. The van der Waals surface area contributed by atoms with Crippen molar-refractivity contribution < 1.29 is 14.6 Å². The van der Waals surface area contributed by atoms with Crippen molar-refractivity contribution in [2.45, 2.75) is 47.0 Å². The molecule has 0 bridgehead atoms. The summed E-state index contributed by atoms with van der Waals surface area (Å²) >= 11 is 0. The number of hydrogen-bond acceptors (Lipinski definition) is 5. The molecule has 2 rings (SSSR count). The molecular weight excluding hydrogens is 348 g/mol. The Morgan fingerprint density at radius 3 is 1.59 bits per heavy atom. The quantitative estimate of drug-likeness (QED) is 0.413. The van der Waals surface area contributed by atoms with Gasteiger partial charge in [0.15, 0.2) is 5.78 Å². The van der Waals surface area contributed by atoms with Gasteiger partial charge in [0.1, 0.15) is 0 Å². The van der Waals surface area contributed by atoms with Crippen LogP contribution < -0.4 is 0 Å². The van der Waals surface area contributed by atoms with Crippen molar-refractivity contribution in [3.63, 3.8) is 0 Å². The van der Waals surface area contributed by atoms with Crippen LogP contribution in [0.15, 0.2) is 36.4 Å². The lowest BCUT2D eigenvalue weighted by Crippen LogP contribution is -2.13. The van der Waals surface area contributed by atoms with Crippen LogP contribution in [0.3, 0.4) is 0 Å². The SMILES string of the molecule is CC(=O)c1c(C)cc(C(C)(C)C)cc1C.O=[N+]([O-])c1cccc([N+](=O)[O-])c1. The first-order valence-corrected chi connectivity index (χ1v) is 8.36. The third-order valence-corrected chi connectivity index (χ3v) is 4.00. The summed E-state index contributed by atoms with van der Waals surface area (Å²) in [5.41, 5.74) is 3.95. The zero-order chi connectivity index (χ0) is 20.9. The number of nitro benzene ring substituents is 2. The largest absolute Gasteiger partial charge is 0.294 e. The zero-order valence-electron chi connectivity index (χ0n) is 16.4. The number of nitrogens with zero attached hydrogens (tertiary/aromatic N) is 2. The van der Waals surface area contributed by atoms with E-state index in [1.807, 2.05) is 13.8 Å². The van der Waals surface area contributed by atoms with Gasteiger partial charge in [-0.2, -0.15) is 0 Å². The van der Waals surface area contributed by atoms with Gasteiger partial charge >= 0.3 is 0 Å². The molecule has 7 nitrogen and oxygen atoms in total. The van der Waals surface area contributed by atoms with Crippen molar-refractivity contribution in [2.75, 3.05) is 0 Å². The first-order chi connectivity index (χ1) is 12.3. The Labute approximate surface area is 158 Å². The third kappa shape index (κ3) is 5.99. The number of Topliss-reactive ketones (excluding diaryl/α,β-unsaturated/α-hetero) is 1. The minimum absolute atomic E-state index is 0.144. The van der Waals surface area contributed by atoms with Crippen molar-refractivity contribution in [1.29, 1.82) is 0 Å². The van der Waals surface area contributed by atoms with Gasteiger partial charge in [-0.25, -0.2) is 0 Å². The number of carbonyl (C=O) groups excluding carboxylic acids is 1. The first kappa shape index (κ1) is 22.0. The fourth-order valence-electron chi connectivity index (χ4n) is 2.67. The molecule has 0 amide bonds. The lowest BCUT2D eigenvalue weighted by atomic mass is 9.83. The van der Waals surface area contributed by atoms with Gasteiger partial charge in [-0.05, 0) is 48.9 Å². The molecule has 27 heavy (non-hydrogen) atoms. The summed E-state index contributed by atoms with van der Waals surface area (Å²) in [6, 6.07) is 8.85. The molecule has 0 radical (unpaired) electrons. The van der Waals surface area contributed by atoms with Gasteiger partial charge in [0.05, 0.1) is 15.9 Å². The van der Waals surface area contributed by atoms with Crippen LogP contribution in [-0.2, 0) is 5.41 Å². The van der Waals surface area contributed by atoms with Gasteiger partial charge in [-0.3, -0.25) is 25.0 Å². The molecule has 0 N–H and O–H groups in total. The van der Waals surface area contributed by atoms with E-state index in [1.165, 1.54) is 23.8 Å². The molecule has 0 atom stereocenters. The predicted octanol–water partition coefficient (Wildman–Crippen LogP) is 5.31. The minimum Gasteiger partial charge on any atom is -0.294 e. The maximum atomic E-state index is 11.4. The fourth-order valence-corrected chi connectivity index (χ4v) is 2.67. The van der Waals surface area contributed by atoms with Gasteiger partial charge in [0.2, 0.25) is 0 Å². The van der Waals surface area contributed by atoms with E-state index in [9.17, 15) is 25.0 Å². The van der Waals surface area contributed by atoms with Crippen LogP contribution in [0.1, 0.15) is 54.7 Å². The summed E-state index contributed by atoms with van der Waals surface area (Å²) in [6.45, 7) is 12.2. The Balaban J connectivity index is 0.000000277. The zero-order valence-corrected chi connectivity index (χ0v) is 16.4. The highest BCUT2D eigenvalue weighted by atomic mass is 16.6. The highest BCUT2D eigenvalue weighted by Crippen LogP contribution is 2.27. The fraction of sp³-hybridized carbons (Fsp3) is 0.350. The third-order valence-electron chi connectivity index (χ3n) is 4.00. The molecule has 0 aliphatic rings. The maximum Gasteiger partial charge on any atom is 0.276 e. The smallest absolute Gasteiger partial charge is 0.276 e. The molecule has 144 valence electrons. The van der Waals surface area contributed by atoms with E-state index in [-0.39, 0.29) is 22.6 Å². The summed E-state index contributed by atoms with van der Waals surface area (Å²) in [5.74, 6) is 0.158. The van der Waals surface area contributed by atoms with Gasteiger partial charge < -0.3 is 0 Å². The van der Waals surface area contributed by atoms with E-state index in [4.69, 9.17) is 0 Å². The molecular formula is C20H24N2O5. The normalized spacial score (nSPS) is 10.6. The minimum atomic E-state index is -0.674. The molecule has 2 aromatic rings. The lowest BCUT2D eigenvalue weighted by molar-refractivity contribution is -0.394. The number of carbonyl (C=O) groups is 1. The van der Waals surface area contributed by atoms with Crippen molar-refractivity contribution in [2.24, 2.45) is 0 Å². The molecule has 0 heterocycles. The highest BCUT2D eigenvalue weighted by Gasteiger charge is 2.17. The van der Waals surface area contributed by atoms with Crippen molar-refractivity contribution >= 4 is 17.2 Å². The average Bonchev–Trinajstić information content (AvgIpc) is 2.53. The number of non-ortho nitro benzene ring substituents is 2. The molecule has 7 heteroatoms. The van der Waals surface area contributed by atoms with Gasteiger partial charge in [-0.1, -0.05) is 32.9 Å². The second-order valence-corrected chi connectivity index (χ2v) is 7.33. The van der Waals surface area contributed by atoms with Crippen LogP contribution in [0.25, 0.3) is 0 Å². The maximum absolute atomic E-state index is 11.4. The van der Waals surface area contributed by atoms with Crippen molar-refractivity contribution in [1.82, 2.24) is 0 Å². The number of aryl methyl sites for hydroxylation is 2. The number of nitro groups is 2. The van der Waals surface area contributed by atoms with E-state index in [0.717, 1.165) is 22.8 Å². The Kier molecular flexibility index (Phi) is 6.93. The second-order valence-electron chi connectivity index (χ2n) is 7.33. The molecule has 0 saturated carbocycles. The molecule has 0 saturated heterocycles. The standard InChI is InChI=1S/C14H20O.C6H4N2O4/c1-9-7-12(14(4,5)6)8-10(2)13(9)11(3)15;9-7(10)5-2-1-3-6(4-5)8(11)12/h7-8H,1-6H3;1-4H. The Morgan fingerprint density at radius 2 is 1.30 bits per heavy atom. The lowest BCUT2D eigenvalue weighted by Gasteiger charge is -2.21. The van der Waals surface area contributed by atoms with Crippen LogP contribution in [0.2, 0.25) is 0 Å². The van der Waals surface area contributed by atoms with Crippen LogP contribution >= 0.6 is 0 Å². The van der Waals surface area contributed by atoms with E-state index in [0.29, 0.717) is 0 Å². The Hall–Kier alpha value is -3.09. The molecule has 0 spiro atoms. The first-order valence-electron chi connectivity index (χ1n) is 8.36. The number of rotatable bonds is 3. The molecule has 0 unspecified atom stereocenters. The summed E-state index contributed by atoms with van der Waals surface area (Å²) < 4.78 is 0. The Bertz CT molecular complexity index is 830.